The van der Waals surface area contributed by atoms with Crippen molar-refractivity contribution in [2.45, 2.75) is 25.9 Å². The van der Waals surface area contributed by atoms with Crippen molar-refractivity contribution in [1.29, 1.82) is 0 Å². The fourth-order valence-corrected chi connectivity index (χ4v) is 1.85. The number of ether oxygens (including phenoxy) is 1. The molecule has 2 rings (SSSR count). The van der Waals surface area contributed by atoms with Crippen LogP contribution in [-0.2, 0) is 6.42 Å². The van der Waals surface area contributed by atoms with E-state index >= 15 is 0 Å². The third-order valence-electron chi connectivity index (χ3n) is 2.65. The van der Waals surface area contributed by atoms with E-state index in [1.165, 1.54) is 5.56 Å². The maximum atomic E-state index is 9.62. The van der Waals surface area contributed by atoms with Crippen LogP contribution in [0.1, 0.15) is 30.6 Å². The first-order chi connectivity index (χ1) is 7.31. The molecule has 0 amide bonds. The van der Waals surface area contributed by atoms with E-state index in [-0.39, 0.29) is 6.10 Å². The van der Waals surface area contributed by atoms with Crippen LogP contribution in [0, 0.1) is 11.8 Å². The molecule has 1 aliphatic carbocycles. The average molecular weight is 202 g/mol. The van der Waals surface area contributed by atoms with Crippen LogP contribution in [0.3, 0.4) is 0 Å². The van der Waals surface area contributed by atoms with Crippen LogP contribution in [0.15, 0.2) is 18.2 Å². The highest BCUT2D eigenvalue weighted by molar-refractivity contribution is 5.39. The standard InChI is InChI=1S/C13H14O2/c1-2-3-8-15-11-5-6-12-10(9-11)4-7-13(12)14/h5-6,9,13-14H,4,7-8H2,1H3. The maximum Gasteiger partial charge on any atom is 0.149 e. The number of rotatable bonds is 2. The Morgan fingerprint density at radius 3 is 3.20 bits per heavy atom. The molecule has 0 saturated carbocycles. The fourth-order valence-electron chi connectivity index (χ4n) is 1.85. The summed E-state index contributed by atoms with van der Waals surface area (Å²) in [7, 11) is 0. The zero-order valence-corrected chi connectivity index (χ0v) is 8.79. The zero-order chi connectivity index (χ0) is 10.7. The molecule has 0 heterocycles. The molecule has 15 heavy (non-hydrogen) atoms. The lowest BCUT2D eigenvalue weighted by molar-refractivity contribution is 0.180. The van der Waals surface area contributed by atoms with Gasteiger partial charge in [-0.05, 0) is 43.0 Å². The average Bonchev–Trinajstić information content (AvgIpc) is 2.61. The summed E-state index contributed by atoms with van der Waals surface area (Å²) in [5.74, 6) is 6.47. The Balaban J connectivity index is 2.11. The number of hydrogen-bond acceptors (Lipinski definition) is 2. The molecule has 1 aliphatic rings. The van der Waals surface area contributed by atoms with Crippen LogP contribution in [0.25, 0.3) is 0 Å². The van der Waals surface area contributed by atoms with E-state index in [1.54, 1.807) is 6.92 Å². The third kappa shape index (κ3) is 2.14. The second-order valence-electron chi connectivity index (χ2n) is 3.63. The summed E-state index contributed by atoms with van der Waals surface area (Å²) in [5.41, 5.74) is 2.24. The fraction of sp³-hybridized carbons (Fsp3) is 0.385. The first-order valence-electron chi connectivity index (χ1n) is 5.14. The molecule has 1 aromatic carbocycles. The SMILES string of the molecule is CC#CCOc1ccc2c(c1)CCC2O. The van der Waals surface area contributed by atoms with E-state index in [0.717, 1.165) is 24.2 Å². The van der Waals surface area contributed by atoms with Crippen molar-refractivity contribution in [3.05, 3.63) is 29.3 Å². The molecule has 1 N–H and O–H groups in total. The van der Waals surface area contributed by atoms with Gasteiger partial charge in [0.1, 0.15) is 12.4 Å². The lowest BCUT2D eigenvalue weighted by atomic mass is 10.1. The highest BCUT2D eigenvalue weighted by atomic mass is 16.5. The minimum atomic E-state index is -0.288. The van der Waals surface area contributed by atoms with Gasteiger partial charge in [-0.3, -0.25) is 0 Å². The molecular formula is C13H14O2. The summed E-state index contributed by atoms with van der Waals surface area (Å²) in [4.78, 5) is 0. The van der Waals surface area contributed by atoms with Crippen molar-refractivity contribution >= 4 is 0 Å². The van der Waals surface area contributed by atoms with Crippen molar-refractivity contribution in [2.24, 2.45) is 0 Å². The molecule has 1 aromatic rings. The molecule has 2 heteroatoms. The molecule has 0 radical (unpaired) electrons. The molecule has 0 bridgehead atoms. The largest absolute Gasteiger partial charge is 0.481 e. The second-order valence-corrected chi connectivity index (χ2v) is 3.63. The van der Waals surface area contributed by atoms with Gasteiger partial charge in [0.05, 0.1) is 6.10 Å². The Bertz CT molecular complexity index is 412. The van der Waals surface area contributed by atoms with E-state index < -0.39 is 0 Å². The van der Waals surface area contributed by atoms with E-state index in [2.05, 4.69) is 11.8 Å². The van der Waals surface area contributed by atoms with Gasteiger partial charge in [-0.2, -0.15) is 0 Å². The number of benzene rings is 1. The Labute approximate surface area is 89.9 Å². The van der Waals surface area contributed by atoms with Gasteiger partial charge < -0.3 is 9.84 Å². The molecule has 0 spiro atoms. The van der Waals surface area contributed by atoms with Gasteiger partial charge in [-0.1, -0.05) is 12.0 Å². The van der Waals surface area contributed by atoms with E-state index in [9.17, 15) is 5.11 Å². The Hall–Kier alpha value is -1.46. The predicted octanol–water partition coefficient (Wildman–Crippen LogP) is 2.07. The quantitative estimate of drug-likeness (QED) is 0.744. The Morgan fingerprint density at radius 1 is 1.53 bits per heavy atom. The summed E-state index contributed by atoms with van der Waals surface area (Å²) in [6, 6.07) is 5.84. The van der Waals surface area contributed by atoms with Crippen LogP contribution >= 0.6 is 0 Å². The van der Waals surface area contributed by atoms with Crippen molar-refractivity contribution in [1.82, 2.24) is 0 Å². The molecule has 1 atom stereocenters. The lowest BCUT2D eigenvalue weighted by Gasteiger charge is -2.06. The predicted molar refractivity (Wildman–Crippen MR) is 58.7 cm³/mol. The van der Waals surface area contributed by atoms with Gasteiger partial charge in [0.15, 0.2) is 0 Å². The number of fused-ring (bicyclic) bond motifs is 1. The lowest BCUT2D eigenvalue weighted by Crippen LogP contribution is -1.95. The zero-order valence-electron chi connectivity index (χ0n) is 8.79. The molecule has 0 aliphatic heterocycles. The molecule has 78 valence electrons. The van der Waals surface area contributed by atoms with E-state index in [1.807, 2.05) is 18.2 Å². The highest BCUT2D eigenvalue weighted by Gasteiger charge is 2.20. The van der Waals surface area contributed by atoms with Crippen molar-refractivity contribution in [2.75, 3.05) is 6.61 Å². The smallest absolute Gasteiger partial charge is 0.149 e. The number of hydrogen-bond donors (Lipinski definition) is 1. The number of aliphatic hydroxyl groups is 1. The normalized spacial score (nSPS) is 17.9. The van der Waals surface area contributed by atoms with Crippen molar-refractivity contribution in [3.8, 4) is 17.6 Å². The van der Waals surface area contributed by atoms with Gasteiger partial charge in [0.2, 0.25) is 0 Å². The van der Waals surface area contributed by atoms with E-state index in [4.69, 9.17) is 4.74 Å². The molecule has 2 nitrogen and oxygen atoms in total. The van der Waals surface area contributed by atoms with Crippen LogP contribution in [0.2, 0.25) is 0 Å². The van der Waals surface area contributed by atoms with Crippen molar-refractivity contribution in [3.63, 3.8) is 0 Å². The van der Waals surface area contributed by atoms with Crippen LogP contribution < -0.4 is 4.74 Å². The second kappa shape index (κ2) is 4.37. The summed E-state index contributed by atoms with van der Waals surface area (Å²) in [6.45, 7) is 2.22. The molecule has 1 unspecified atom stereocenters. The van der Waals surface area contributed by atoms with Crippen LogP contribution in [0.5, 0.6) is 5.75 Å². The maximum absolute atomic E-state index is 9.62. The number of aliphatic hydroxyl groups excluding tert-OH is 1. The minimum absolute atomic E-state index is 0.288. The monoisotopic (exact) mass is 202 g/mol. The summed E-state index contributed by atoms with van der Waals surface area (Å²) in [6.07, 6.45) is 1.48. The summed E-state index contributed by atoms with van der Waals surface area (Å²) in [5, 5.41) is 9.62. The molecular weight excluding hydrogens is 188 g/mol. The van der Waals surface area contributed by atoms with Gasteiger partial charge >= 0.3 is 0 Å². The first-order valence-corrected chi connectivity index (χ1v) is 5.14. The van der Waals surface area contributed by atoms with Gasteiger partial charge in [0, 0.05) is 0 Å². The van der Waals surface area contributed by atoms with Gasteiger partial charge in [-0.25, -0.2) is 0 Å². The molecule has 0 aromatic heterocycles. The van der Waals surface area contributed by atoms with Crippen molar-refractivity contribution < 1.29 is 9.84 Å². The number of aryl methyl sites for hydroxylation is 1. The summed E-state index contributed by atoms with van der Waals surface area (Å²) >= 11 is 0. The first kappa shape index (κ1) is 10.1. The van der Waals surface area contributed by atoms with Crippen LogP contribution in [-0.4, -0.2) is 11.7 Å². The highest BCUT2D eigenvalue weighted by Crippen LogP contribution is 2.33. The Kier molecular flexibility index (Phi) is 2.94. The Morgan fingerprint density at radius 2 is 2.40 bits per heavy atom. The topological polar surface area (TPSA) is 29.5 Å². The molecule has 0 saturated heterocycles. The third-order valence-corrected chi connectivity index (χ3v) is 2.65. The van der Waals surface area contributed by atoms with Gasteiger partial charge in [0.25, 0.3) is 0 Å². The van der Waals surface area contributed by atoms with Crippen LogP contribution in [0.4, 0.5) is 0 Å². The molecule has 0 fully saturated rings. The van der Waals surface area contributed by atoms with Gasteiger partial charge in [-0.15, -0.1) is 5.92 Å². The minimum Gasteiger partial charge on any atom is -0.481 e. The van der Waals surface area contributed by atoms with E-state index in [0.29, 0.717) is 6.61 Å². The summed E-state index contributed by atoms with van der Waals surface area (Å²) < 4.78 is 5.45.